The molecule has 0 aromatic heterocycles. The van der Waals surface area contributed by atoms with E-state index in [4.69, 9.17) is 0 Å². The zero-order chi connectivity index (χ0) is 17.1. The van der Waals surface area contributed by atoms with Gasteiger partial charge < -0.3 is 0 Å². The predicted octanol–water partition coefficient (Wildman–Crippen LogP) is 8.73. The van der Waals surface area contributed by atoms with Crippen LogP contribution in [0, 0.1) is 0 Å². The number of hydrogen-bond acceptors (Lipinski definition) is 0. The first kappa shape index (κ1) is 18.1. The largest absolute Gasteiger partial charge is 0.0605 e. The van der Waals surface area contributed by atoms with Gasteiger partial charge in [-0.05, 0) is 57.9 Å². The number of fused-ring (bicyclic) bond motifs is 2. The van der Waals surface area contributed by atoms with E-state index in [2.05, 4.69) is 112 Å². The molecule has 0 aliphatic heterocycles. The summed E-state index contributed by atoms with van der Waals surface area (Å²) in [5.41, 5.74) is 0. The summed E-state index contributed by atoms with van der Waals surface area (Å²) >= 11 is 13.9. The first-order valence-electron chi connectivity index (χ1n) is 7.22. The van der Waals surface area contributed by atoms with Crippen LogP contribution < -0.4 is 0 Å². The van der Waals surface area contributed by atoms with E-state index < -0.39 is 0 Å². The second kappa shape index (κ2) is 8.13. The molecule has 0 unspecified atom stereocenters. The van der Waals surface area contributed by atoms with Gasteiger partial charge in [-0.25, -0.2) is 0 Å². The Bertz CT molecular complexity index is 925. The fraction of sp³-hybridized carbons (Fsp3) is 0. The maximum absolute atomic E-state index is 3.51. The first-order chi connectivity index (χ1) is 11.5. The van der Waals surface area contributed by atoms with Gasteiger partial charge in [0.15, 0.2) is 0 Å². The van der Waals surface area contributed by atoms with Crippen LogP contribution in [0.5, 0.6) is 0 Å². The van der Waals surface area contributed by atoms with Crippen molar-refractivity contribution in [3.05, 3.63) is 90.7 Å². The lowest BCUT2D eigenvalue weighted by molar-refractivity contribution is 1.68. The van der Waals surface area contributed by atoms with Crippen molar-refractivity contribution in [1.82, 2.24) is 0 Å². The van der Waals surface area contributed by atoms with Crippen molar-refractivity contribution in [3.8, 4) is 0 Å². The molecule has 0 aliphatic rings. The van der Waals surface area contributed by atoms with E-state index in [1.54, 1.807) is 0 Å². The number of halogens is 4. The van der Waals surface area contributed by atoms with E-state index >= 15 is 0 Å². The van der Waals surface area contributed by atoms with Gasteiger partial charge in [-0.1, -0.05) is 100 Å². The van der Waals surface area contributed by atoms with Crippen LogP contribution in [0.1, 0.15) is 0 Å². The Morgan fingerprint density at radius 2 is 0.875 bits per heavy atom. The highest BCUT2D eigenvalue weighted by molar-refractivity contribution is 9.11. The maximum Gasteiger partial charge on any atom is 0.0253 e. The molecule has 0 spiro atoms. The van der Waals surface area contributed by atoms with E-state index in [0.717, 1.165) is 17.9 Å². The molecule has 0 saturated heterocycles. The van der Waals surface area contributed by atoms with Gasteiger partial charge in [-0.3, -0.25) is 0 Å². The predicted molar refractivity (Wildman–Crippen MR) is 119 cm³/mol. The molecule has 0 fully saturated rings. The highest BCUT2D eigenvalue weighted by Crippen LogP contribution is 2.27. The average Bonchev–Trinajstić information content (AvgIpc) is 2.55. The first-order valence-corrected chi connectivity index (χ1v) is 10.4. The van der Waals surface area contributed by atoms with Crippen LogP contribution in [0.2, 0.25) is 0 Å². The topological polar surface area (TPSA) is 0 Å². The van der Waals surface area contributed by atoms with Crippen LogP contribution in [-0.2, 0) is 0 Å². The minimum absolute atomic E-state index is 1.12. The highest BCUT2D eigenvalue weighted by atomic mass is 79.9. The van der Waals surface area contributed by atoms with Crippen molar-refractivity contribution in [3.63, 3.8) is 0 Å². The normalized spacial score (nSPS) is 10.5. The summed E-state index contributed by atoms with van der Waals surface area (Å²) in [6.45, 7) is 0. The molecule has 0 saturated carbocycles. The van der Waals surface area contributed by atoms with Crippen LogP contribution in [0.4, 0.5) is 0 Å². The maximum atomic E-state index is 3.51. The third-order valence-electron chi connectivity index (χ3n) is 3.58. The Morgan fingerprint density at radius 1 is 0.458 bits per heavy atom. The molecule has 0 nitrogen and oxygen atoms in total. The smallest absolute Gasteiger partial charge is 0.0253 e. The summed E-state index contributed by atoms with van der Waals surface area (Å²) in [6.07, 6.45) is 0. The molecule has 4 aromatic rings. The molecule has 0 aliphatic carbocycles. The molecule has 4 rings (SSSR count). The van der Waals surface area contributed by atoms with Crippen molar-refractivity contribution in [2.75, 3.05) is 0 Å². The molecule has 0 heterocycles. The Kier molecular flexibility index (Phi) is 6.14. The molecule has 0 amide bonds. The summed E-state index contributed by atoms with van der Waals surface area (Å²) in [5, 5.41) is 5.00. The van der Waals surface area contributed by atoms with Crippen LogP contribution in [-0.4, -0.2) is 0 Å². The van der Waals surface area contributed by atoms with Crippen molar-refractivity contribution < 1.29 is 0 Å². The Morgan fingerprint density at radius 3 is 1.29 bits per heavy atom. The fourth-order valence-electron chi connectivity index (χ4n) is 2.43. The lowest BCUT2D eigenvalue weighted by atomic mass is 10.1. The minimum Gasteiger partial charge on any atom is -0.0605 e. The summed E-state index contributed by atoms with van der Waals surface area (Å²) < 4.78 is 4.53. The minimum atomic E-state index is 1.12. The van der Waals surface area contributed by atoms with Crippen LogP contribution >= 0.6 is 63.7 Å². The highest BCUT2D eigenvalue weighted by Gasteiger charge is 1.97. The van der Waals surface area contributed by atoms with E-state index in [0.29, 0.717) is 0 Å². The Balaban J connectivity index is 0.000000141. The standard InChI is InChI=1S/2C10H6Br2/c2*11-8-4-5-9-7(6-8)2-1-3-10(9)12/h2*1-6H. The fourth-order valence-corrected chi connectivity index (χ4v) is 4.22. The molecule has 4 aromatic carbocycles. The average molecular weight is 572 g/mol. The van der Waals surface area contributed by atoms with E-state index in [9.17, 15) is 0 Å². The van der Waals surface area contributed by atoms with Crippen molar-refractivity contribution in [2.45, 2.75) is 0 Å². The van der Waals surface area contributed by atoms with E-state index in [1.165, 1.54) is 21.5 Å². The molecule has 24 heavy (non-hydrogen) atoms. The number of rotatable bonds is 0. The van der Waals surface area contributed by atoms with E-state index in [1.807, 2.05) is 24.3 Å². The molecule has 4 heteroatoms. The molecule has 120 valence electrons. The number of hydrogen-bond donors (Lipinski definition) is 0. The lowest BCUT2D eigenvalue weighted by Crippen LogP contribution is -1.73. The summed E-state index contributed by atoms with van der Waals surface area (Å²) in [4.78, 5) is 0. The Labute approximate surface area is 174 Å². The third-order valence-corrected chi connectivity index (χ3v) is 5.95. The van der Waals surface area contributed by atoms with Crippen LogP contribution in [0.25, 0.3) is 21.5 Å². The lowest BCUT2D eigenvalue weighted by Gasteiger charge is -1.99. The molecule has 0 bridgehead atoms. The van der Waals surface area contributed by atoms with Gasteiger partial charge >= 0.3 is 0 Å². The molecule has 0 atom stereocenters. The Hall–Kier alpha value is -0.680. The molecule has 0 N–H and O–H groups in total. The summed E-state index contributed by atoms with van der Waals surface area (Å²) in [5.74, 6) is 0. The van der Waals surface area contributed by atoms with Crippen LogP contribution in [0.15, 0.2) is 90.7 Å². The quantitative estimate of drug-likeness (QED) is 0.198. The summed E-state index contributed by atoms with van der Waals surface area (Å²) in [6, 6.07) is 24.9. The summed E-state index contributed by atoms with van der Waals surface area (Å²) in [7, 11) is 0. The van der Waals surface area contributed by atoms with Gasteiger partial charge in [-0.15, -0.1) is 0 Å². The van der Waals surface area contributed by atoms with E-state index in [-0.39, 0.29) is 0 Å². The van der Waals surface area contributed by atoms with Gasteiger partial charge in [0.2, 0.25) is 0 Å². The SMILES string of the molecule is Brc1ccc2c(Br)cccc2c1.Brc1ccc2c(Br)cccc2c1. The van der Waals surface area contributed by atoms with Crippen molar-refractivity contribution in [2.24, 2.45) is 0 Å². The molecule has 0 radical (unpaired) electrons. The second-order valence-electron chi connectivity index (χ2n) is 5.21. The van der Waals surface area contributed by atoms with Crippen molar-refractivity contribution in [1.29, 1.82) is 0 Å². The zero-order valence-electron chi connectivity index (χ0n) is 12.4. The van der Waals surface area contributed by atoms with Gasteiger partial charge in [0.1, 0.15) is 0 Å². The van der Waals surface area contributed by atoms with Crippen molar-refractivity contribution >= 4 is 85.3 Å². The molecular formula is C20H12Br4. The van der Waals surface area contributed by atoms with Gasteiger partial charge in [0.05, 0.1) is 0 Å². The van der Waals surface area contributed by atoms with Gasteiger partial charge in [0, 0.05) is 17.9 Å². The zero-order valence-corrected chi connectivity index (χ0v) is 18.8. The third kappa shape index (κ3) is 4.29. The second-order valence-corrected chi connectivity index (χ2v) is 8.75. The number of benzene rings is 4. The molecular weight excluding hydrogens is 560 g/mol. The van der Waals surface area contributed by atoms with Gasteiger partial charge in [-0.2, -0.15) is 0 Å². The monoisotopic (exact) mass is 568 g/mol. The van der Waals surface area contributed by atoms with Crippen LogP contribution in [0.3, 0.4) is 0 Å². The van der Waals surface area contributed by atoms with Gasteiger partial charge in [0.25, 0.3) is 0 Å².